The quantitative estimate of drug-likeness (QED) is 0.691. The lowest BCUT2D eigenvalue weighted by atomic mass is 9.84. The Bertz CT molecular complexity index is 1040. The average molecular weight is 478 g/mol. The number of nitrogens with zero attached hydrogens (tertiary/aromatic N) is 4. The van der Waals surface area contributed by atoms with Gasteiger partial charge in [-0.1, -0.05) is 45.0 Å². The fraction of sp³-hybridized carbons (Fsp3) is 0.481. The SMILES string of the molecule is CC(C)(C)C(=O)N1CCC2(CC1)C(=O)N(CC(=O)NCCc1ccccn1)CN2c1ccccc1. The van der Waals surface area contributed by atoms with E-state index in [0.717, 1.165) is 11.4 Å². The minimum absolute atomic E-state index is 0.0107. The van der Waals surface area contributed by atoms with E-state index in [2.05, 4.69) is 15.2 Å². The topological polar surface area (TPSA) is 85.8 Å². The van der Waals surface area contributed by atoms with Crippen LogP contribution in [0.15, 0.2) is 54.7 Å². The molecule has 1 aromatic carbocycles. The highest BCUT2D eigenvalue weighted by Crippen LogP contribution is 2.40. The van der Waals surface area contributed by atoms with Crippen molar-refractivity contribution in [2.24, 2.45) is 5.41 Å². The maximum atomic E-state index is 13.8. The summed E-state index contributed by atoms with van der Waals surface area (Å²) in [6, 6.07) is 15.6. The van der Waals surface area contributed by atoms with Gasteiger partial charge in [-0.05, 0) is 37.1 Å². The Kier molecular flexibility index (Phi) is 7.10. The number of hydrogen-bond acceptors (Lipinski definition) is 5. The molecule has 3 heterocycles. The van der Waals surface area contributed by atoms with Gasteiger partial charge < -0.3 is 20.0 Å². The molecule has 1 aromatic heterocycles. The maximum Gasteiger partial charge on any atom is 0.250 e. The zero-order valence-electron chi connectivity index (χ0n) is 20.9. The van der Waals surface area contributed by atoms with E-state index >= 15 is 0 Å². The van der Waals surface area contributed by atoms with Crippen molar-refractivity contribution >= 4 is 23.4 Å². The average Bonchev–Trinajstić information content (AvgIpc) is 3.11. The number of hydrogen-bond donors (Lipinski definition) is 1. The summed E-state index contributed by atoms with van der Waals surface area (Å²) in [7, 11) is 0. The number of pyridine rings is 1. The molecule has 0 saturated carbocycles. The van der Waals surface area contributed by atoms with E-state index in [0.29, 0.717) is 45.6 Å². The largest absolute Gasteiger partial charge is 0.354 e. The molecule has 4 rings (SSSR count). The van der Waals surface area contributed by atoms with Gasteiger partial charge in [0.1, 0.15) is 12.1 Å². The molecule has 2 saturated heterocycles. The molecule has 0 radical (unpaired) electrons. The number of nitrogens with one attached hydrogen (secondary N) is 1. The van der Waals surface area contributed by atoms with Crippen LogP contribution in [0.25, 0.3) is 0 Å². The van der Waals surface area contributed by atoms with Crippen molar-refractivity contribution in [3.8, 4) is 0 Å². The van der Waals surface area contributed by atoms with E-state index in [-0.39, 0.29) is 24.3 Å². The van der Waals surface area contributed by atoms with E-state index in [1.54, 1.807) is 11.1 Å². The highest BCUT2D eigenvalue weighted by atomic mass is 16.2. The van der Waals surface area contributed by atoms with E-state index in [1.807, 2.05) is 74.2 Å². The van der Waals surface area contributed by atoms with Crippen LogP contribution in [-0.2, 0) is 20.8 Å². The lowest BCUT2D eigenvalue weighted by Gasteiger charge is -2.44. The Morgan fingerprint density at radius 2 is 1.71 bits per heavy atom. The van der Waals surface area contributed by atoms with Gasteiger partial charge >= 0.3 is 0 Å². The van der Waals surface area contributed by atoms with Crippen LogP contribution >= 0.6 is 0 Å². The first kappa shape index (κ1) is 24.7. The Balaban J connectivity index is 1.45. The summed E-state index contributed by atoms with van der Waals surface area (Å²) in [5, 5.41) is 2.92. The fourth-order valence-electron chi connectivity index (χ4n) is 4.98. The predicted molar refractivity (Wildman–Crippen MR) is 134 cm³/mol. The summed E-state index contributed by atoms with van der Waals surface area (Å²) in [6.45, 7) is 7.64. The zero-order chi connectivity index (χ0) is 25.1. The van der Waals surface area contributed by atoms with Gasteiger partial charge in [-0.2, -0.15) is 0 Å². The van der Waals surface area contributed by atoms with Gasteiger partial charge in [0.15, 0.2) is 0 Å². The number of aromatic nitrogens is 1. The highest BCUT2D eigenvalue weighted by Gasteiger charge is 2.54. The number of rotatable bonds is 6. The number of piperidine rings is 1. The molecule has 2 fully saturated rings. The molecule has 186 valence electrons. The number of amides is 3. The minimum atomic E-state index is -0.746. The van der Waals surface area contributed by atoms with Gasteiger partial charge in [0.25, 0.3) is 5.91 Å². The molecule has 2 aliphatic heterocycles. The third kappa shape index (κ3) is 5.31. The van der Waals surface area contributed by atoms with Crippen LogP contribution in [0.4, 0.5) is 5.69 Å². The summed E-state index contributed by atoms with van der Waals surface area (Å²) < 4.78 is 0. The van der Waals surface area contributed by atoms with Crippen molar-refractivity contribution < 1.29 is 14.4 Å². The van der Waals surface area contributed by atoms with E-state index in [1.165, 1.54) is 0 Å². The molecule has 0 bridgehead atoms. The monoisotopic (exact) mass is 477 g/mol. The molecule has 1 spiro atoms. The smallest absolute Gasteiger partial charge is 0.250 e. The Labute approximate surface area is 207 Å². The molecule has 35 heavy (non-hydrogen) atoms. The molecule has 8 nitrogen and oxygen atoms in total. The van der Waals surface area contributed by atoms with Crippen LogP contribution in [0.3, 0.4) is 0 Å². The molecule has 2 aliphatic rings. The molecular weight excluding hydrogens is 442 g/mol. The number of benzene rings is 1. The van der Waals surface area contributed by atoms with Crippen LogP contribution in [0.1, 0.15) is 39.3 Å². The van der Waals surface area contributed by atoms with E-state index in [4.69, 9.17) is 0 Å². The Morgan fingerprint density at radius 3 is 2.34 bits per heavy atom. The van der Waals surface area contributed by atoms with E-state index < -0.39 is 11.0 Å². The molecule has 0 unspecified atom stereocenters. The summed E-state index contributed by atoms with van der Waals surface area (Å²) in [6.07, 6.45) is 3.46. The third-order valence-electron chi connectivity index (χ3n) is 6.87. The highest BCUT2D eigenvalue weighted by molar-refractivity contribution is 5.96. The summed E-state index contributed by atoms with van der Waals surface area (Å²) in [4.78, 5) is 49.2. The van der Waals surface area contributed by atoms with Crippen molar-refractivity contribution in [3.05, 3.63) is 60.4 Å². The summed E-state index contributed by atoms with van der Waals surface area (Å²) >= 11 is 0. The summed E-state index contributed by atoms with van der Waals surface area (Å²) in [5.74, 6) is -0.114. The lowest BCUT2D eigenvalue weighted by molar-refractivity contribution is -0.144. The van der Waals surface area contributed by atoms with Crippen LogP contribution in [0.2, 0.25) is 0 Å². The standard InChI is InChI=1S/C27H35N5O3/c1-26(2,3)24(34)30-17-13-27(14-18-30)25(35)31(20-32(27)22-10-5-4-6-11-22)19-23(33)29-16-12-21-9-7-8-15-28-21/h4-11,15H,12-14,16-20H2,1-3H3,(H,29,33). The molecule has 0 atom stereocenters. The first-order chi connectivity index (χ1) is 16.7. The molecule has 8 heteroatoms. The number of carbonyl (C=O) groups excluding carboxylic acids is 3. The lowest BCUT2D eigenvalue weighted by Crippen LogP contribution is -2.58. The Morgan fingerprint density at radius 1 is 1.03 bits per heavy atom. The summed E-state index contributed by atoms with van der Waals surface area (Å²) in [5.41, 5.74) is 0.665. The van der Waals surface area contributed by atoms with Gasteiger partial charge in [-0.25, -0.2) is 0 Å². The second kappa shape index (κ2) is 10.1. The number of para-hydroxylation sites is 1. The van der Waals surface area contributed by atoms with Gasteiger partial charge in [0.2, 0.25) is 11.8 Å². The predicted octanol–water partition coefficient (Wildman–Crippen LogP) is 2.45. The van der Waals surface area contributed by atoms with Gasteiger partial charge in [0, 0.05) is 49.0 Å². The van der Waals surface area contributed by atoms with Crippen LogP contribution in [0.5, 0.6) is 0 Å². The van der Waals surface area contributed by atoms with Crippen molar-refractivity contribution in [2.45, 2.75) is 45.6 Å². The van der Waals surface area contributed by atoms with Gasteiger partial charge in [0.05, 0.1) is 6.67 Å². The second-order valence-electron chi connectivity index (χ2n) is 10.4. The zero-order valence-corrected chi connectivity index (χ0v) is 20.9. The molecule has 2 aromatic rings. The molecular formula is C27H35N5O3. The third-order valence-corrected chi connectivity index (χ3v) is 6.87. The van der Waals surface area contributed by atoms with Crippen LogP contribution < -0.4 is 10.2 Å². The van der Waals surface area contributed by atoms with Crippen molar-refractivity contribution in [1.29, 1.82) is 0 Å². The minimum Gasteiger partial charge on any atom is -0.354 e. The first-order valence-corrected chi connectivity index (χ1v) is 12.3. The van der Waals surface area contributed by atoms with E-state index in [9.17, 15) is 14.4 Å². The number of carbonyl (C=O) groups is 3. The van der Waals surface area contributed by atoms with Crippen molar-refractivity contribution in [2.75, 3.05) is 37.7 Å². The number of likely N-dealkylation sites (tertiary alicyclic amines) is 1. The molecule has 0 aliphatic carbocycles. The Hall–Kier alpha value is -3.42. The normalized spacial score (nSPS) is 17.7. The number of anilines is 1. The van der Waals surface area contributed by atoms with Crippen molar-refractivity contribution in [3.63, 3.8) is 0 Å². The fourth-order valence-corrected chi connectivity index (χ4v) is 4.98. The van der Waals surface area contributed by atoms with Crippen LogP contribution in [0, 0.1) is 5.41 Å². The molecule has 1 N–H and O–H groups in total. The first-order valence-electron chi connectivity index (χ1n) is 12.3. The van der Waals surface area contributed by atoms with Crippen molar-refractivity contribution in [1.82, 2.24) is 20.1 Å². The van der Waals surface area contributed by atoms with Gasteiger partial charge in [-0.15, -0.1) is 0 Å². The molecule has 3 amide bonds. The second-order valence-corrected chi connectivity index (χ2v) is 10.4. The van der Waals surface area contributed by atoms with Crippen LogP contribution in [-0.4, -0.2) is 70.9 Å². The maximum absolute atomic E-state index is 13.8. The van der Waals surface area contributed by atoms with Gasteiger partial charge in [-0.3, -0.25) is 19.4 Å².